The number of benzene rings is 1. The van der Waals surface area contributed by atoms with Crippen molar-refractivity contribution in [2.75, 3.05) is 13.1 Å². The third-order valence-electron chi connectivity index (χ3n) is 5.39. The number of alkyl halides is 3. The van der Waals surface area contributed by atoms with E-state index in [9.17, 15) is 22.4 Å². The minimum absolute atomic E-state index is 0.0294. The second-order valence-electron chi connectivity index (χ2n) is 7.40. The Morgan fingerprint density at radius 2 is 1.96 bits per heavy atom. The van der Waals surface area contributed by atoms with Crippen LogP contribution in [-0.2, 0) is 11.0 Å². The fourth-order valence-corrected chi connectivity index (χ4v) is 4.20. The lowest BCUT2D eigenvalue weighted by Gasteiger charge is -2.58. The summed E-state index contributed by atoms with van der Waals surface area (Å²) in [6.07, 6.45) is -1.79. The lowest BCUT2D eigenvalue weighted by Crippen LogP contribution is -2.61. The number of hydrogen-bond acceptors (Lipinski definition) is 2. The molecular weight excluding hydrogens is 350 g/mol. The van der Waals surface area contributed by atoms with Crippen molar-refractivity contribution in [3.8, 4) is 11.3 Å². The summed E-state index contributed by atoms with van der Waals surface area (Å²) in [5, 5.41) is 3.96. The highest BCUT2D eigenvalue weighted by Gasteiger charge is 2.54. The number of aromatic nitrogens is 2. The maximum Gasteiger partial charge on any atom is 0.420 e. The van der Waals surface area contributed by atoms with Gasteiger partial charge in [0.1, 0.15) is 11.4 Å². The van der Waals surface area contributed by atoms with E-state index in [1.807, 2.05) is 0 Å². The molecule has 1 spiro atoms. The van der Waals surface area contributed by atoms with Crippen molar-refractivity contribution in [2.24, 2.45) is 5.41 Å². The zero-order chi connectivity index (χ0) is 18.7. The lowest BCUT2D eigenvalue weighted by atomic mass is 9.61. The first-order valence-electron chi connectivity index (χ1n) is 8.33. The van der Waals surface area contributed by atoms with Crippen LogP contribution in [0.2, 0.25) is 0 Å². The normalized spacial score (nSPS) is 19.3. The first-order valence-corrected chi connectivity index (χ1v) is 8.33. The highest BCUT2D eigenvalue weighted by Crippen LogP contribution is 2.55. The molecule has 0 N–H and O–H groups in total. The van der Waals surface area contributed by atoms with Gasteiger partial charge in [-0.1, -0.05) is 11.6 Å². The monoisotopic (exact) mass is 367 g/mol. The molecule has 26 heavy (non-hydrogen) atoms. The summed E-state index contributed by atoms with van der Waals surface area (Å²) in [6, 6.07) is 3.89. The van der Waals surface area contributed by atoms with Gasteiger partial charge < -0.3 is 4.90 Å². The molecule has 2 aromatic rings. The number of nitrogens with zero attached hydrogens (tertiary/aromatic N) is 3. The molecule has 1 aliphatic carbocycles. The van der Waals surface area contributed by atoms with E-state index >= 15 is 0 Å². The van der Waals surface area contributed by atoms with Crippen LogP contribution in [0.3, 0.4) is 0 Å². The molecule has 0 atom stereocenters. The molecule has 1 aromatic carbocycles. The first kappa shape index (κ1) is 17.1. The molecule has 1 aliphatic heterocycles. The Balaban J connectivity index is 1.72. The fraction of sp³-hybridized carbons (Fsp3) is 0.444. The molecule has 0 unspecified atom stereocenters. The molecule has 2 fully saturated rings. The van der Waals surface area contributed by atoms with Crippen molar-refractivity contribution in [1.29, 1.82) is 0 Å². The summed E-state index contributed by atoms with van der Waals surface area (Å²) >= 11 is 0. The van der Waals surface area contributed by atoms with E-state index in [1.165, 1.54) is 22.9 Å². The van der Waals surface area contributed by atoms with Gasteiger partial charge in [-0.2, -0.15) is 18.3 Å². The molecule has 8 heteroatoms. The van der Waals surface area contributed by atoms with Crippen LogP contribution in [0.5, 0.6) is 0 Å². The SMILES string of the molecule is Cc1ccc(F)c(-c2c(C(F)(F)F)cnn2C2CC3(C2)CN(C=O)C3)c1. The average Bonchev–Trinajstić information content (AvgIpc) is 2.92. The summed E-state index contributed by atoms with van der Waals surface area (Å²) < 4.78 is 56.1. The molecule has 1 saturated heterocycles. The van der Waals surface area contributed by atoms with Gasteiger partial charge in [-0.3, -0.25) is 9.48 Å². The number of hydrogen-bond donors (Lipinski definition) is 0. The second kappa shape index (κ2) is 5.56. The maximum absolute atomic E-state index is 14.3. The Morgan fingerprint density at radius 1 is 1.27 bits per heavy atom. The van der Waals surface area contributed by atoms with E-state index in [-0.39, 0.29) is 22.7 Å². The zero-order valence-electron chi connectivity index (χ0n) is 14.1. The van der Waals surface area contributed by atoms with E-state index in [1.54, 1.807) is 11.8 Å². The molecule has 2 aliphatic rings. The zero-order valence-corrected chi connectivity index (χ0v) is 14.1. The molecule has 0 radical (unpaired) electrons. The smallest absolute Gasteiger partial charge is 0.344 e. The largest absolute Gasteiger partial charge is 0.420 e. The Labute approximate surface area is 147 Å². The van der Waals surface area contributed by atoms with Crippen LogP contribution in [0.4, 0.5) is 17.6 Å². The molecule has 0 bridgehead atoms. The lowest BCUT2D eigenvalue weighted by molar-refractivity contribution is -0.141. The van der Waals surface area contributed by atoms with Gasteiger partial charge in [0.25, 0.3) is 0 Å². The van der Waals surface area contributed by atoms with Gasteiger partial charge in [0, 0.05) is 24.1 Å². The van der Waals surface area contributed by atoms with Crippen LogP contribution in [0, 0.1) is 18.2 Å². The molecule has 2 heterocycles. The molecule has 138 valence electrons. The van der Waals surface area contributed by atoms with Crippen LogP contribution < -0.4 is 0 Å². The van der Waals surface area contributed by atoms with Gasteiger partial charge in [0.15, 0.2) is 0 Å². The van der Waals surface area contributed by atoms with E-state index in [4.69, 9.17) is 0 Å². The van der Waals surface area contributed by atoms with Gasteiger partial charge in [-0.15, -0.1) is 0 Å². The molecular formula is C18H17F4N3O. The molecule has 4 rings (SSSR count). The van der Waals surface area contributed by atoms with Gasteiger partial charge >= 0.3 is 6.18 Å². The summed E-state index contributed by atoms with van der Waals surface area (Å²) in [4.78, 5) is 12.4. The van der Waals surface area contributed by atoms with Crippen LogP contribution >= 0.6 is 0 Å². The quantitative estimate of drug-likeness (QED) is 0.611. The van der Waals surface area contributed by atoms with Crippen molar-refractivity contribution in [1.82, 2.24) is 14.7 Å². The van der Waals surface area contributed by atoms with Gasteiger partial charge in [-0.05, 0) is 31.9 Å². The number of halogens is 4. The number of rotatable bonds is 3. The van der Waals surface area contributed by atoms with E-state index in [0.717, 1.165) is 12.6 Å². The number of carbonyl (C=O) groups is 1. The van der Waals surface area contributed by atoms with Crippen molar-refractivity contribution in [3.63, 3.8) is 0 Å². The molecule has 1 aromatic heterocycles. The number of carbonyl (C=O) groups excluding carboxylic acids is 1. The number of aryl methyl sites for hydroxylation is 1. The van der Waals surface area contributed by atoms with Gasteiger partial charge in [0.05, 0.1) is 17.9 Å². The topological polar surface area (TPSA) is 38.1 Å². The Hall–Kier alpha value is -2.38. The molecule has 1 saturated carbocycles. The average molecular weight is 367 g/mol. The summed E-state index contributed by atoms with van der Waals surface area (Å²) in [6.45, 7) is 2.95. The number of likely N-dealkylation sites (tertiary alicyclic amines) is 1. The Morgan fingerprint density at radius 3 is 2.58 bits per heavy atom. The standard InChI is InChI=1S/C18H17F4N3O/c1-11-2-3-15(19)13(4-11)16-14(18(20,21)22)7-23-25(16)12-5-17(6-12)8-24(9-17)10-26/h2-4,7,10,12H,5-6,8-9H2,1H3. The number of amides is 1. The van der Waals surface area contributed by atoms with Crippen molar-refractivity contribution >= 4 is 6.41 Å². The van der Waals surface area contributed by atoms with E-state index in [2.05, 4.69) is 5.10 Å². The van der Waals surface area contributed by atoms with Crippen molar-refractivity contribution in [2.45, 2.75) is 32.0 Å². The fourth-order valence-electron chi connectivity index (χ4n) is 4.20. The maximum atomic E-state index is 14.3. The van der Waals surface area contributed by atoms with Crippen LogP contribution in [0.25, 0.3) is 11.3 Å². The van der Waals surface area contributed by atoms with Crippen LogP contribution in [0.15, 0.2) is 24.4 Å². The van der Waals surface area contributed by atoms with Crippen LogP contribution in [0.1, 0.15) is 30.0 Å². The summed E-state index contributed by atoms with van der Waals surface area (Å²) in [5.74, 6) is -0.701. The van der Waals surface area contributed by atoms with Crippen molar-refractivity contribution < 1.29 is 22.4 Å². The van der Waals surface area contributed by atoms with Gasteiger partial charge in [0.2, 0.25) is 6.41 Å². The Kier molecular flexibility index (Phi) is 3.65. The predicted octanol–water partition coefficient (Wildman–Crippen LogP) is 3.81. The second-order valence-corrected chi connectivity index (χ2v) is 7.40. The van der Waals surface area contributed by atoms with Crippen LogP contribution in [-0.4, -0.2) is 34.2 Å². The van der Waals surface area contributed by atoms with E-state index in [0.29, 0.717) is 31.5 Å². The minimum Gasteiger partial charge on any atom is -0.344 e. The molecule has 4 nitrogen and oxygen atoms in total. The first-order chi connectivity index (χ1) is 12.2. The Bertz CT molecular complexity index is 860. The summed E-state index contributed by atoms with van der Waals surface area (Å²) in [5.41, 5.74) is -0.582. The predicted molar refractivity (Wildman–Crippen MR) is 85.7 cm³/mol. The third-order valence-corrected chi connectivity index (χ3v) is 5.39. The highest BCUT2D eigenvalue weighted by atomic mass is 19.4. The third kappa shape index (κ3) is 2.59. The minimum atomic E-state index is -4.62. The highest BCUT2D eigenvalue weighted by molar-refractivity contribution is 5.66. The van der Waals surface area contributed by atoms with Gasteiger partial charge in [-0.25, -0.2) is 4.39 Å². The van der Waals surface area contributed by atoms with E-state index < -0.39 is 17.6 Å². The molecule has 1 amide bonds. The summed E-state index contributed by atoms with van der Waals surface area (Å²) in [7, 11) is 0. The van der Waals surface area contributed by atoms with Crippen molar-refractivity contribution in [3.05, 3.63) is 41.3 Å².